The maximum absolute atomic E-state index is 12.0. The number of benzene rings is 1. The van der Waals surface area contributed by atoms with Gasteiger partial charge in [0, 0.05) is 13.0 Å². The summed E-state index contributed by atoms with van der Waals surface area (Å²) < 4.78 is 5.34. The predicted octanol–water partition coefficient (Wildman–Crippen LogP) is 2.48. The van der Waals surface area contributed by atoms with Crippen LogP contribution in [0.5, 0.6) is 5.75 Å². The van der Waals surface area contributed by atoms with Gasteiger partial charge in [-0.2, -0.15) is 0 Å². The first-order valence-corrected chi connectivity index (χ1v) is 8.26. The largest absolute Gasteiger partial charge is 0.496 e. The summed E-state index contributed by atoms with van der Waals surface area (Å²) in [5.74, 6) is 1.69. The van der Waals surface area contributed by atoms with E-state index in [2.05, 4.69) is 23.3 Å². The SMILES string of the molecule is COc1ccccc1CCCNC(=O)CC1CCN(C)CC1. The number of hydrogen-bond donors (Lipinski definition) is 1. The minimum Gasteiger partial charge on any atom is -0.496 e. The molecule has 1 aliphatic rings. The predicted molar refractivity (Wildman–Crippen MR) is 89.2 cm³/mol. The van der Waals surface area contributed by atoms with Crippen LogP contribution in [0.4, 0.5) is 0 Å². The smallest absolute Gasteiger partial charge is 0.220 e. The van der Waals surface area contributed by atoms with Gasteiger partial charge in [0.2, 0.25) is 5.91 Å². The number of piperidine rings is 1. The van der Waals surface area contributed by atoms with Crippen LogP contribution >= 0.6 is 0 Å². The number of nitrogens with one attached hydrogen (secondary N) is 1. The zero-order chi connectivity index (χ0) is 15.8. The summed E-state index contributed by atoms with van der Waals surface area (Å²) in [4.78, 5) is 14.3. The molecule has 1 aromatic rings. The molecular formula is C18H28N2O2. The lowest BCUT2D eigenvalue weighted by Crippen LogP contribution is -2.33. The van der Waals surface area contributed by atoms with E-state index in [0.29, 0.717) is 12.3 Å². The highest BCUT2D eigenvalue weighted by Gasteiger charge is 2.19. The molecular weight excluding hydrogens is 276 g/mol. The second kappa shape index (κ2) is 8.79. The molecule has 1 aromatic carbocycles. The van der Waals surface area contributed by atoms with Crippen molar-refractivity contribution in [3.63, 3.8) is 0 Å². The molecule has 4 heteroatoms. The third-order valence-corrected chi connectivity index (χ3v) is 4.45. The molecule has 0 aliphatic carbocycles. The number of aryl methyl sites for hydroxylation is 1. The van der Waals surface area contributed by atoms with Gasteiger partial charge in [0.15, 0.2) is 0 Å². The topological polar surface area (TPSA) is 41.6 Å². The molecule has 2 rings (SSSR count). The number of para-hydroxylation sites is 1. The van der Waals surface area contributed by atoms with Crippen molar-refractivity contribution in [1.29, 1.82) is 0 Å². The second-order valence-corrected chi connectivity index (χ2v) is 6.22. The summed E-state index contributed by atoms with van der Waals surface area (Å²) in [6, 6.07) is 8.06. The third kappa shape index (κ3) is 5.34. The summed E-state index contributed by atoms with van der Waals surface area (Å²) >= 11 is 0. The fourth-order valence-corrected chi connectivity index (χ4v) is 3.02. The summed E-state index contributed by atoms with van der Waals surface area (Å²) in [6.07, 6.45) is 4.84. The van der Waals surface area contributed by atoms with E-state index in [1.807, 2.05) is 18.2 Å². The van der Waals surface area contributed by atoms with Gasteiger partial charge in [0.25, 0.3) is 0 Å². The second-order valence-electron chi connectivity index (χ2n) is 6.22. The molecule has 0 radical (unpaired) electrons. The minimum absolute atomic E-state index is 0.203. The van der Waals surface area contributed by atoms with Crippen molar-refractivity contribution in [1.82, 2.24) is 10.2 Å². The van der Waals surface area contributed by atoms with Gasteiger partial charge in [0.1, 0.15) is 5.75 Å². The van der Waals surface area contributed by atoms with Crippen LogP contribution in [0.25, 0.3) is 0 Å². The van der Waals surface area contributed by atoms with Crippen molar-refractivity contribution in [2.75, 3.05) is 33.8 Å². The number of methoxy groups -OCH3 is 1. The van der Waals surface area contributed by atoms with Gasteiger partial charge in [0.05, 0.1) is 7.11 Å². The Kier molecular flexibility index (Phi) is 6.72. The van der Waals surface area contributed by atoms with E-state index in [1.165, 1.54) is 5.56 Å². The van der Waals surface area contributed by atoms with E-state index in [-0.39, 0.29) is 5.91 Å². The molecule has 1 saturated heterocycles. The van der Waals surface area contributed by atoms with Crippen molar-refractivity contribution >= 4 is 5.91 Å². The van der Waals surface area contributed by atoms with E-state index < -0.39 is 0 Å². The molecule has 0 unspecified atom stereocenters. The first kappa shape index (κ1) is 16.8. The highest BCUT2D eigenvalue weighted by Crippen LogP contribution is 2.20. The number of ether oxygens (including phenoxy) is 1. The van der Waals surface area contributed by atoms with Gasteiger partial charge in [-0.25, -0.2) is 0 Å². The van der Waals surface area contributed by atoms with E-state index in [1.54, 1.807) is 7.11 Å². The van der Waals surface area contributed by atoms with Crippen LogP contribution < -0.4 is 10.1 Å². The standard InChI is InChI=1S/C18H28N2O2/c1-20-12-9-15(10-13-20)14-18(21)19-11-5-7-16-6-3-4-8-17(16)22-2/h3-4,6,8,15H,5,7,9-14H2,1-2H3,(H,19,21). The first-order valence-electron chi connectivity index (χ1n) is 8.26. The Balaban J connectivity index is 1.63. The molecule has 4 nitrogen and oxygen atoms in total. The average Bonchev–Trinajstić information content (AvgIpc) is 2.54. The molecule has 0 aromatic heterocycles. The Labute approximate surface area is 133 Å². The fourth-order valence-electron chi connectivity index (χ4n) is 3.02. The van der Waals surface area contributed by atoms with Gasteiger partial charge in [-0.15, -0.1) is 0 Å². The number of nitrogens with zero attached hydrogens (tertiary/aromatic N) is 1. The van der Waals surface area contributed by atoms with Gasteiger partial charge < -0.3 is 15.0 Å². The summed E-state index contributed by atoms with van der Waals surface area (Å²) in [5, 5.41) is 3.06. The average molecular weight is 304 g/mol. The quantitative estimate of drug-likeness (QED) is 0.787. The maximum atomic E-state index is 12.0. The Morgan fingerprint density at radius 1 is 1.32 bits per heavy atom. The Morgan fingerprint density at radius 3 is 2.77 bits per heavy atom. The lowest BCUT2D eigenvalue weighted by Gasteiger charge is -2.28. The van der Waals surface area contributed by atoms with Crippen LogP contribution in [0.15, 0.2) is 24.3 Å². The molecule has 1 N–H and O–H groups in total. The normalized spacial score (nSPS) is 16.5. The van der Waals surface area contributed by atoms with Crippen LogP contribution in [0.3, 0.4) is 0 Å². The van der Waals surface area contributed by atoms with Crippen LogP contribution in [-0.2, 0) is 11.2 Å². The highest BCUT2D eigenvalue weighted by molar-refractivity contribution is 5.76. The minimum atomic E-state index is 0.203. The first-order chi connectivity index (χ1) is 10.7. The molecule has 1 amide bonds. The van der Waals surface area contributed by atoms with E-state index in [9.17, 15) is 4.79 Å². The number of likely N-dealkylation sites (tertiary alicyclic amines) is 1. The number of carbonyl (C=O) groups excluding carboxylic acids is 1. The summed E-state index contributed by atoms with van der Waals surface area (Å²) in [5.41, 5.74) is 1.20. The van der Waals surface area contributed by atoms with Crippen molar-refractivity contribution in [2.45, 2.75) is 32.1 Å². The third-order valence-electron chi connectivity index (χ3n) is 4.45. The molecule has 0 bridgehead atoms. The lowest BCUT2D eigenvalue weighted by atomic mass is 9.93. The van der Waals surface area contributed by atoms with Gasteiger partial charge in [-0.05, 0) is 63.4 Å². The summed E-state index contributed by atoms with van der Waals surface area (Å²) in [7, 11) is 3.84. The van der Waals surface area contributed by atoms with Crippen LogP contribution in [0, 0.1) is 5.92 Å². The maximum Gasteiger partial charge on any atom is 0.220 e. The van der Waals surface area contributed by atoms with Gasteiger partial charge in [-0.1, -0.05) is 18.2 Å². The number of carbonyl (C=O) groups is 1. The van der Waals surface area contributed by atoms with Crippen molar-refractivity contribution in [3.05, 3.63) is 29.8 Å². The van der Waals surface area contributed by atoms with Crippen LogP contribution in [0.1, 0.15) is 31.2 Å². The Morgan fingerprint density at radius 2 is 2.05 bits per heavy atom. The van der Waals surface area contributed by atoms with Gasteiger partial charge >= 0.3 is 0 Å². The zero-order valence-electron chi connectivity index (χ0n) is 13.8. The highest BCUT2D eigenvalue weighted by atomic mass is 16.5. The summed E-state index contributed by atoms with van der Waals surface area (Å²) in [6.45, 7) is 2.97. The Bertz CT molecular complexity index is 468. The molecule has 22 heavy (non-hydrogen) atoms. The molecule has 0 saturated carbocycles. The molecule has 1 aliphatic heterocycles. The van der Waals surface area contributed by atoms with Crippen molar-refractivity contribution in [2.24, 2.45) is 5.92 Å². The fraction of sp³-hybridized carbons (Fsp3) is 0.611. The molecule has 0 spiro atoms. The van der Waals surface area contributed by atoms with Crippen LogP contribution in [0.2, 0.25) is 0 Å². The van der Waals surface area contributed by atoms with E-state index in [4.69, 9.17) is 4.74 Å². The molecule has 0 atom stereocenters. The zero-order valence-corrected chi connectivity index (χ0v) is 13.8. The molecule has 1 fully saturated rings. The van der Waals surface area contributed by atoms with Crippen molar-refractivity contribution < 1.29 is 9.53 Å². The monoisotopic (exact) mass is 304 g/mol. The van der Waals surface area contributed by atoms with Crippen LogP contribution in [-0.4, -0.2) is 44.6 Å². The number of amides is 1. The molecule has 122 valence electrons. The van der Waals surface area contributed by atoms with Crippen molar-refractivity contribution in [3.8, 4) is 5.75 Å². The van der Waals surface area contributed by atoms with E-state index in [0.717, 1.165) is 51.1 Å². The number of rotatable bonds is 7. The van der Waals surface area contributed by atoms with E-state index >= 15 is 0 Å². The van der Waals surface area contributed by atoms with Gasteiger partial charge in [-0.3, -0.25) is 4.79 Å². The Hall–Kier alpha value is -1.55. The lowest BCUT2D eigenvalue weighted by molar-refractivity contribution is -0.122. The number of hydrogen-bond acceptors (Lipinski definition) is 3. The molecule has 1 heterocycles.